The van der Waals surface area contributed by atoms with Crippen LogP contribution in [0, 0.1) is 5.41 Å². The molecule has 0 spiro atoms. The van der Waals surface area contributed by atoms with Crippen LogP contribution in [0.15, 0.2) is 12.1 Å². The molecule has 1 heterocycles. The van der Waals surface area contributed by atoms with Gasteiger partial charge in [0.2, 0.25) is 0 Å². The molecule has 0 saturated heterocycles. The highest BCUT2D eigenvalue weighted by atomic mass is 32.1. The van der Waals surface area contributed by atoms with E-state index in [4.69, 9.17) is 5.73 Å². The summed E-state index contributed by atoms with van der Waals surface area (Å²) in [6, 6.07) is 4.49. The normalized spacial score (nSPS) is 18.0. The van der Waals surface area contributed by atoms with Gasteiger partial charge in [-0.05, 0) is 56.3 Å². The molecule has 1 aromatic heterocycles. The average molecular weight is 252 g/mol. The number of rotatable bonds is 7. The Balaban J connectivity index is 1.66. The predicted octanol–water partition coefficient (Wildman–Crippen LogP) is 2.92. The molecule has 0 unspecified atom stereocenters. The van der Waals surface area contributed by atoms with Crippen molar-refractivity contribution in [1.29, 1.82) is 0 Å². The molecule has 96 valence electrons. The molecule has 1 fully saturated rings. The van der Waals surface area contributed by atoms with Crippen LogP contribution in [0.25, 0.3) is 0 Å². The SMILES string of the molecule is CCc1ccc(CNCCC2(CN)CCC2)s1. The average Bonchev–Trinajstić information content (AvgIpc) is 2.75. The Morgan fingerprint density at radius 1 is 1.35 bits per heavy atom. The highest BCUT2D eigenvalue weighted by Gasteiger charge is 2.34. The number of nitrogens with one attached hydrogen (secondary N) is 1. The van der Waals surface area contributed by atoms with E-state index in [-0.39, 0.29) is 0 Å². The Kier molecular flexibility index (Phi) is 4.60. The zero-order chi connectivity index (χ0) is 12.1. The van der Waals surface area contributed by atoms with Gasteiger partial charge in [0.25, 0.3) is 0 Å². The van der Waals surface area contributed by atoms with E-state index in [1.807, 2.05) is 11.3 Å². The molecular weight excluding hydrogens is 228 g/mol. The van der Waals surface area contributed by atoms with E-state index in [9.17, 15) is 0 Å². The number of thiophene rings is 1. The zero-order valence-corrected chi connectivity index (χ0v) is 11.6. The first-order chi connectivity index (χ1) is 8.28. The van der Waals surface area contributed by atoms with Crippen molar-refractivity contribution in [3.63, 3.8) is 0 Å². The lowest BCUT2D eigenvalue weighted by Crippen LogP contribution is -2.39. The molecule has 0 aromatic carbocycles. The van der Waals surface area contributed by atoms with Crippen LogP contribution in [0.5, 0.6) is 0 Å². The first kappa shape index (κ1) is 13.1. The molecule has 0 aliphatic heterocycles. The van der Waals surface area contributed by atoms with E-state index in [0.29, 0.717) is 5.41 Å². The third-order valence-corrected chi connectivity index (χ3v) is 5.27. The lowest BCUT2D eigenvalue weighted by molar-refractivity contribution is 0.130. The molecule has 1 aromatic rings. The van der Waals surface area contributed by atoms with Crippen molar-refractivity contribution in [3.8, 4) is 0 Å². The second-order valence-corrected chi connectivity index (χ2v) is 6.46. The Morgan fingerprint density at radius 3 is 2.65 bits per heavy atom. The smallest absolute Gasteiger partial charge is 0.0299 e. The maximum atomic E-state index is 5.86. The van der Waals surface area contributed by atoms with Gasteiger partial charge in [-0.2, -0.15) is 0 Å². The largest absolute Gasteiger partial charge is 0.330 e. The highest BCUT2D eigenvalue weighted by molar-refractivity contribution is 7.11. The minimum absolute atomic E-state index is 0.483. The minimum Gasteiger partial charge on any atom is -0.330 e. The number of aryl methyl sites for hydroxylation is 1. The summed E-state index contributed by atoms with van der Waals surface area (Å²) >= 11 is 1.93. The first-order valence-corrected chi connectivity index (χ1v) is 7.58. The third-order valence-electron chi connectivity index (χ3n) is 4.04. The summed E-state index contributed by atoms with van der Waals surface area (Å²) in [7, 11) is 0. The van der Waals surface area contributed by atoms with Crippen LogP contribution in [-0.4, -0.2) is 13.1 Å². The number of nitrogens with two attached hydrogens (primary N) is 1. The summed E-state index contributed by atoms with van der Waals surface area (Å²) < 4.78 is 0. The maximum absolute atomic E-state index is 5.86. The van der Waals surface area contributed by atoms with Gasteiger partial charge in [0.05, 0.1) is 0 Å². The molecule has 1 aliphatic carbocycles. The predicted molar refractivity (Wildman–Crippen MR) is 75.4 cm³/mol. The summed E-state index contributed by atoms with van der Waals surface area (Å²) in [5.41, 5.74) is 6.34. The zero-order valence-electron chi connectivity index (χ0n) is 10.8. The van der Waals surface area contributed by atoms with E-state index < -0.39 is 0 Å². The Morgan fingerprint density at radius 2 is 2.12 bits per heavy atom. The van der Waals surface area contributed by atoms with Crippen molar-refractivity contribution in [1.82, 2.24) is 5.32 Å². The van der Waals surface area contributed by atoms with E-state index in [2.05, 4.69) is 24.4 Å². The van der Waals surface area contributed by atoms with Gasteiger partial charge in [-0.25, -0.2) is 0 Å². The van der Waals surface area contributed by atoms with Crippen LogP contribution >= 0.6 is 11.3 Å². The summed E-state index contributed by atoms with van der Waals surface area (Å²) in [6.07, 6.45) is 6.45. The highest BCUT2D eigenvalue weighted by Crippen LogP contribution is 2.42. The van der Waals surface area contributed by atoms with Gasteiger partial charge in [-0.15, -0.1) is 11.3 Å². The minimum atomic E-state index is 0.483. The number of hydrogen-bond acceptors (Lipinski definition) is 3. The molecule has 0 radical (unpaired) electrons. The van der Waals surface area contributed by atoms with Crippen molar-refractivity contribution in [2.75, 3.05) is 13.1 Å². The molecule has 0 atom stereocenters. The van der Waals surface area contributed by atoms with E-state index in [1.54, 1.807) is 0 Å². The van der Waals surface area contributed by atoms with Gasteiger partial charge in [-0.1, -0.05) is 13.3 Å². The van der Waals surface area contributed by atoms with Gasteiger partial charge in [0, 0.05) is 16.3 Å². The molecule has 0 amide bonds. The van der Waals surface area contributed by atoms with Gasteiger partial charge in [0.15, 0.2) is 0 Å². The standard InChI is InChI=1S/C14H24N2S/c1-2-12-4-5-13(17-12)10-16-9-8-14(11-15)6-3-7-14/h4-5,16H,2-3,6-11,15H2,1H3. The molecular formula is C14H24N2S. The molecule has 1 aliphatic rings. The fraction of sp³-hybridized carbons (Fsp3) is 0.714. The molecule has 1 saturated carbocycles. The molecule has 3 N–H and O–H groups in total. The van der Waals surface area contributed by atoms with Crippen molar-refractivity contribution < 1.29 is 0 Å². The lowest BCUT2D eigenvalue weighted by Gasteiger charge is -2.41. The van der Waals surface area contributed by atoms with Crippen molar-refractivity contribution >= 4 is 11.3 Å². The van der Waals surface area contributed by atoms with Crippen molar-refractivity contribution in [3.05, 3.63) is 21.9 Å². The van der Waals surface area contributed by atoms with E-state index in [0.717, 1.165) is 26.1 Å². The fourth-order valence-corrected chi connectivity index (χ4v) is 3.43. The summed E-state index contributed by atoms with van der Waals surface area (Å²) in [6.45, 7) is 5.21. The van der Waals surface area contributed by atoms with Crippen molar-refractivity contribution in [2.45, 2.75) is 45.6 Å². The first-order valence-electron chi connectivity index (χ1n) is 6.76. The van der Waals surface area contributed by atoms with Crippen LogP contribution in [0.4, 0.5) is 0 Å². The second-order valence-electron chi connectivity index (χ2n) is 5.21. The molecule has 2 nitrogen and oxygen atoms in total. The lowest BCUT2D eigenvalue weighted by atomic mass is 9.67. The third kappa shape index (κ3) is 3.30. The topological polar surface area (TPSA) is 38.0 Å². The Labute approximate surface area is 109 Å². The van der Waals surface area contributed by atoms with Gasteiger partial charge in [0.1, 0.15) is 0 Å². The van der Waals surface area contributed by atoms with Gasteiger partial charge in [-0.3, -0.25) is 0 Å². The van der Waals surface area contributed by atoms with Crippen LogP contribution < -0.4 is 11.1 Å². The van der Waals surface area contributed by atoms with Crippen LogP contribution in [0.2, 0.25) is 0 Å². The molecule has 2 rings (SSSR count). The molecule has 0 bridgehead atoms. The molecule has 17 heavy (non-hydrogen) atoms. The Hall–Kier alpha value is -0.380. The Bertz CT molecular complexity index is 336. The van der Waals surface area contributed by atoms with Crippen molar-refractivity contribution in [2.24, 2.45) is 11.1 Å². The quantitative estimate of drug-likeness (QED) is 0.732. The maximum Gasteiger partial charge on any atom is 0.0299 e. The summed E-state index contributed by atoms with van der Waals surface area (Å²) in [5.74, 6) is 0. The van der Waals surface area contributed by atoms with Crippen LogP contribution in [0.1, 0.15) is 42.4 Å². The summed E-state index contributed by atoms with van der Waals surface area (Å²) in [4.78, 5) is 2.94. The second kappa shape index (κ2) is 5.98. The fourth-order valence-electron chi connectivity index (χ4n) is 2.51. The van der Waals surface area contributed by atoms with Gasteiger partial charge >= 0.3 is 0 Å². The molecule has 3 heteroatoms. The van der Waals surface area contributed by atoms with E-state index in [1.165, 1.54) is 35.4 Å². The van der Waals surface area contributed by atoms with E-state index >= 15 is 0 Å². The van der Waals surface area contributed by atoms with Gasteiger partial charge < -0.3 is 11.1 Å². The summed E-state index contributed by atoms with van der Waals surface area (Å²) in [5, 5.41) is 3.55. The number of hydrogen-bond donors (Lipinski definition) is 2. The van der Waals surface area contributed by atoms with Crippen LogP contribution in [-0.2, 0) is 13.0 Å². The monoisotopic (exact) mass is 252 g/mol. The van der Waals surface area contributed by atoms with Crippen LogP contribution in [0.3, 0.4) is 0 Å².